The number of nitrogens with one attached hydrogen (secondary N) is 1. The second-order valence-corrected chi connectivity index (χ2v) is 5.98. The highest BCUT2D eigenvalue weighted by Gasteiger charge is 2.33. The summed E-state index contributed by atoms with van der Waals surface area (Å²) in [5, 5.41) is 24.7. The zero-order chi connectivity index (χ0) is 21.2. The van der Waals surface area contributed by atoms with Crippen LogP contribution in [0, 0.1) is 10.1 Å². The number of benzene rings is 2. The molecule has 0 bridgehead atoms. The van der Waals surface area contributed by atoms with Gasteiger partial charge < -0.3 is 9.67 Å². The molecule has 11 heteroatoms. The fourth-order valence-corrected chi connectivity index (χ4v) is 2.78. The molecule has 1 aromatic heterocycles. The maximum atomic E-state index is 12.8. The lowest BCUT2D eigenvalue weighted by Crippen LogP contribution is -2.07. The molecule has 150 valence electrons. The summed E-state index contributed by atoms with van der Waals surface area (Å²) in [5.74, 6) is -1.03. The van der Waals surface area contributed by atoms with Crippen molar-refractivity contribution in [3.63, 3.8) is 0 Å². The number of hydrogen-bond acceptors (Lipinski definition) is 5. The molecule has 0 unspecified atom stereocenters. The molecule has 0 aliphatic rings. The number of rotatable bonds is 6. The first-order chi connectivity index (χ1) is 13.7. The minimum atomic E-state index is -4.71. The van der Waals surface area contributed by atoms with Gasteiger partial charge in [0.1, 0.15) is 12.2 Å². The van der Waals surface area contributed by atoms with Crippen LogP contribution in [0.25, 0.3) is 10.9 Å². The molecule has 0 amide bonds. The highest BCUT2D eigenvalue weighted by Crippen LogP contribution is 2.35. The molecule has 0 spiro atoms. The Bertz CT molecular complexity index is 1120. The SMILES string of the molecule is O=C(O)Cn1cc(/C=N\Nc2ccc(C(F)(F)F)cc2[N+](=O)[O-])c2ccccc21. The topological polar surface area (TPSA) is 110 Å². The number of hydrogen-bond donors (Lipinski definition) is 2. The van der Waals surface area contributed by atoms with Crippen LogP contribution in [0.4, 0.5) is 24.5 Å². The average Bonchev–Trinajstić information content (AvgIpc) is 2.98. The number of carboxylic acids is 1. The lowest BCUT2D eigenvalue weighted by molar-refractivity contribution is -0.384. The number of hydrazone groups is 1. The van der Waals surface area contributed by atoms with Crippen molar-refractivity contribution in [3.8, 4) is 0 Å². The van der Waals surface area contributed by atoms with E-state index in [-0.39, 0.29) is 12.2 Å². The Labute approximate surface area is 161 Å². The van der Waals surface area contributed by atoms with Gasteiger partial charge in [-0.15, -0.1) is 0 Å². The third-order valence-electron chi connectivity index (χ3n) is 4.04. The predicted octanol–water partition coefficient (Wildman–Crippen LogP) is 4.10. The van der Waals surface area contributed by atoms with E-state index in [1.165, 1.54) is 10.8 Å². The number of nitrogens with zero attached hydrogens (tertiary/aromatic N) is 3. The van der Waals surface area contributed by atoms with Gasteiger partial charge in [-0.05, 0) is 18.2 Å². The van der Waals surface area contributed by atoms with Gasteiger partial charge in [0, 0.05) is 28.7 Å². The number of carbonyl (C=O) groups is 1. The molecule has 8 nitrogen and oxygen atoms in total. The van der Waals surface area contributed by atoms with E-state index in [9.17, 15) is 28.1 Å². The third-order valence-corrected chi connectivity index (χ3v) is 4.04. The van der Waals surface area contributed by atoms with Crippen molar-refractivity contribution >= 4 is 34.5 Å². The molecule has 2 aromatic carbocycles. The first kappa shape index (κ1) is 19.9. The summed E-state index contributed by atoms with van der Waals surface area (Å²) in [6.45, 7) is -0.272. The van der Waals surface area contributed by atoms with E-state index in [4.69, 9.17) is 5.11 Å². The molecular weight excluding hydrogens is 393 g/mol. The van der Waals surface area contributed by atoms with E-state index in [1.807, 2.05) is 0 Å². The van der Waals surface area contributed by atoms with Crippen LogP contribution in [0.5, 0.6) is 0 Å². The van der Waals surface area contributed by atoms with Crippen molar-refractivity contribution in [1.29, 1.82) is 0 Å². The minimum Gasteiger partial charge on any atom is -0.480 e. The van der Waals surface area contributed by atoms with Gasteiger partial charge >= 0.3 is 12.1 Å². The summed E-state index contributed by atoms with van der Waals surface area (Å²) >= 11 is 0. The van der Waals surface area contributed by atoms with E-state index in [0.717, 1.165) is 6.07 Å². The molecular formula is C18H13F3N4O4. The largest absolute Gasteiger partial charge is 0.480 e. The summed E-state index contributed by atoms with van der Waals surface area (Å²) in [7, 11) is 0. The normalized spacial score (nSPS) is 11.8. The van der Waals surface area contributed by atoms with Crippen molar-refractivity contribution in [2.45, 2.75) is 12.7 Å². The van der Waals surface area contributed by atoms with E-state index in [0.29, 0.717) is 28.6 Å². The van der Waals surface area contributed by atoms with Crippen LogP contribution in [0.2, 0.25) is 0 Å². The van der Waals surface area contributed by atoms with Gasteiger partial charge in [0.05, 0.1) is 16.7 Å². The molecule has 0 saturated carbocycles. The summed E-state index contributed by atoms with van der Waals surface area (Å²) in [5.41, 5.74) is 1.42. The number of carboxylic acid groups (broad SMARTS) is 1. The number of halogens is 3. The Kier molecular flexibility index (Phi) is 5.22. The zero-order valence-corrected chi connectivity index (χ0v) is 14.6. The number of aliphatic carboxylic acids is 1. The smallest absolute Gasteiger partial charge is 0.416 e. The molecule has 0 atom stereocenters. The molecule has 0 aliphatic heterocycles. The van der Waals surface area contributed by atoms with E-state index in [2.05, 4.69) is 10.5 Å². The molecule has 3 rings (SSSR count). The van der Waals surface area contributed by atoms with Crippen LogP contribution in [0.15, 0.2) is 53.8 Å². The van der Waals surface area contributed by atoms with Crippen LogP contribution >= 0.6 is 0 Å². The van der Waals surface area contributed by atoms with Crippen LogP contribution in [0.3, 0.4) is 0 Å². The monoisotopic (exact) mass is 406 g/mol. The number of aromatic nitrogens is 1. The van der Waals surface area contributed by atoms with E-state index >= 15 is 0 Å². The molecule has 2 N–H and O–H groups in total. The number of alkyl halides is 3. The van der Waals surface area contributed by atoms with Crippen LogP contribution in [-0.4, -0.2) is 26.8 Å². The summed E-state index contributed by atoms with van der Waals surface area (Å²) in [6.07, 6.45) is -1.86. The van der Waals surface area contributed by atoms with E-state index < -0.39 is 28.3 Å². The van der Waals surface area contributed by atoms with Crippen LogP contribution in [-0.2, 0) is 17.5 Å². The summed E-state index contributed by atoms with van der Waals surface area (Å²) < 4.78 is 39.8. The molecule has 0 aliphatic carbocycles. The van der Waals surface area contributed by atoms with Crippen molar-refractivity contribution in [2.24, 2.45) is 5.10 Å². The van der Waals surface area contributed by atoms with Gasteiger partial charge in [-0.2, -0.15) is 18.3 Å². The maximum absolute atomic E-state index is 12.8. The van der Waals surface area contributed by atoms with Crippen molar-refractivity contribution in [2.75, 3.05) is 5.43 Å². The fraction of sp³-hybridized carbons (Fsp3) is 0.111. The predicted molar refractivity (Wildman–Crippen MR) is 98.9 cm³/mol. The van der Waals surface area contributed by atoms with Gasteiger partial charge in [0.15, 0.2) is 0 Å². The van der Waals surface area contributed by atoms with Crippen LogP contribution < -0.4 is 5.43 Å². The quantitative estimate of drug-likeness (QED) is 0.364. The third kappa shape index (κ3) is 4.34. The van der Waals surface area contributed by atoms with Crippen molar-refractivity contribution in [1.82, 2.24) is 4.57 Å². The van der Waals surface area contributed by atoms with Crippen LogP contribution in [0.1, 0.15) is 11.1 Å². The van der Waals surface area contributed by atoms with Crippen molar-refractivity contribution in [3.05, 3.63) is 69.9 Å². The number of para-hydroxylation sites is 1. The second-order valence-electron chi connectivity index (χ2n) is 5.98. The van der Waals surface area contributed by atoms with Gasteiger partial charge in [-0.3, -0.25) is 20.3 Å². The lowest BCUT2D eigenvalue weighted by atomic mass is 10.1. The van der Waals surface area contributed by atoms with Crippen molar-refractivity contribution < 1.29 is 28.0 Å². The Morgan fingerprint density at radius 2 is 2.00 bits per heavy atom. The number of anilines is 1. The highest BCUT2D eigenvalue weighted by molar-refractivity contribution is 6.00. The molecule has 29 heavy (non-hydrogen) atoms. The van der Waals surface area contributed by atoms with Gasteiger partial charge in [0.25, 0.3) is 5.69 Å². The molecule has 0 radical (unpaired) electrons. The molecule has 0 saturated heterocycles. The molecule has 0 fully saturated rings. The number of fused-ring (bicyclic) bond motifs is 1. The first-order valence-corrected chi connectivity index (χ1v) is 8.11. The zero-order valence-electron chi connectivity index (χ0n) is 14.6. The summed E-state index contributed by atoms with van der Waals surface area (Å²) in [6, 6.07) is 9.02. The highest BCUT2D eigenvalue weighted by atomic mass is 19.4. The average molecular weight is 406 g/mol. The van der Waals surface area contributed by atoms with E-state index in [1.54, 1.807) is 30.5 Å². The molecule has 1 heterocycles. The van der Waals surface area contributed by atoms with Gasteiger partial charge in [0.2, 0.25) is 0 Å². The number of nitro groups is 1. The Balaban J connectivity index is 1.90. The van der Waals surface area contributed by atoms with Gasteiger partial charge in [-0.1, -0.05) is 18.2 Å². The summed E-state index contributed by atoms with van der Waals surface area (Å²) in [4.78, 5) is 21.2. The second kappa shape index (κ2) is 7.62. The van der Waals surface area contributed by atoms with Gasteiger partial charge in [-0.25, -0.2) is 0 Å². The lowest BCUT2D eigenvalue weighted by Gasteiger charge is -2.08. The fourth-order valence-electron chi connectivity index (χ4n) is 2.78. The first-order valence-electron chi connectivity index (χ1n) is 8.11. The Hall–Kier alpha value is -3.89. The standard InChI is InChI=1S/C18H13F3N4O4/c19-18(20,21)12-5-6-14(16(7-12)25(28)29)23-22-8-11-9-24(10-17(26)27)15-4-2-1-3-13(11)15/h1-9,23H,10H2,(H,26,27)/b22-8-. The number of nitro benzene ring substituents is 1. The Morgan fingerprint density at radius 3 is 2.66 bits per heavy atom. The molecule has 3 aromatic rings. The minimum absolute atomic E-state index is 0.214. The Morgan fingerprint density at radius 1 is 1.28 bits per heavy atom. The maximum Gasteiger partial charge on any atom is 0.416 e.